The van der Waals surface area contributed by atoms with Crippen molar-refractivity contribution >= 4 is 17.3 Å². The zero-order chi connectivity index (χ0) is 16.1. The predicted octanol–water partition coefficient (Wildman–Crippen LogP) is -2.09. The molecule has 1 aromatic heterocycles. The maximum Gasteiger partial charge on any atom is 0.269 e. The van der Waals surface area contributed by atoms with E-state index >= 15 is 0 Å². The van der Waals surface area contributed by atoms with Crippen molar-refractivity contribution in [3.8, 4) is 0 Å². The van der Waals surface area contributed by atoms with Crippen LogP contribution in [-0.4, -0.2) is 23.0 Å². The van der Waals surface area contributed by atoms with E-state index in [4.69, 9.17) is 5.73 Å². The summed E-state index contributed by atoms with van der Waals surface area (Å²) >= 11 is 0. The lowest BCUT2D eigenvalue weighted by Gasteiger charge is -2.00. The summed E-state index contributed by atoms with van der Waals surface area (Å²) in [4.78, 5) is 33.7. The molecule has 1 heterocycles. The second kappa shape index (κ2) is 8.25. The topological polar surface area (TPSA) is 107 Å². The fraction of sp³-hybridized carbons (Fsp3) is 0.133. The number of hydrogen-bond donors (Lipinski definition) is 1. The van der Waals surface area contributed by atoms with Gasteiger partial charge in [0.05, 0.1) is 17.0 Å². The fourth-order valence-corrected chi connectivity index (χ4v) is 1.93. The van der Waals surface area contributed by atoms with E-state index in [1.165, 1.54) is 24.3 Å². The molecule has 0 aliphatic heterocycles. The monoisotopic (exact) mass is 379 g/mol. The smallest absolute Gasteiger partial charge is 0.269 e. The van der Waals surface area contributed by atoms with Crippen LogP contribution in [0.5, 0.6) is 0 Å². The molecule has 0 atom stereocenters. The Morgan fingerprint density at radius 3 is 2.30 bits per heavy atom. The maximum atomic E-state index is 12.1. The number of carbonyl (C=O) groups is 2. The summed E-state index contributed by atoms with van der Waals surface area (Å²) in [6.07, 6.45) is 3.22. The van der Waals surface area contributed by atoms with Gasteiger partial charge in [-0.1, -0.05) is 0 Å². The minimum Gasteiger partial charge on any atom is -1.00 e. The molecule has 2 rings (SSSR count). The van der Waals surface area contributed by atoms with Crippen molar-refractivity contribution in [2.45, 2.75) is 6.54 Å². The number of nitro benzene ring substituents is 1. The third-order valence-corrected chi connectivity index (χ3v) is 3.09. The van der Waals surface area contributed by atoms with Gasteiger partial charge in [-0.2, -0.15) is 4.57 Å². The molecule has 23 heavy (non-hydrogen) atoms. The van der Waals surface area contributed by atoms with E-state index in [1.807, 2.05) is 0 Å². The van der Waals surface area contributed by atoms with Crippen LogP contribution in [0.25, 0.3) is 0 Å². The van der Waals surface area contributed by atoms with Crippen LogP contribution in [0.1, 0.15) is 20.7 Å². The van der Waals surface area contributed by atoms with Gasteiger partial charge >= 0.3 is 0 Å². The third-order valence-electron chi connectivity index (χ3n) is 3.09. The van der Waals surface area contributed by atoms with Crippen molar-refractivity contribution < 1.29 is 36.1 Å². The number of non-ortho nitro benzene ring substituents is 1. The van der Waals surface area contributed by atoms with Crippen molar-refractivity contribution in [2.75, 3.05) is 6.54 Å². The Morgan fingerprint density at radius 1 is 1.09 bits per heavy atom. The molecule has 8 heteroatoms. The first kappa shape index (κ1) is 18.6. The first-order valence-corrected chi connectivity index (χ1v) is 6.51. The number of hydrogen-bond acceptors (Lipinski definition) is 5. The van der Waals surface area contributed by atoms with Crippen molar-refractivity contribution in [1.82, 2.24) is 0 Å². The molecule has 0 aliphatic rings. The van der Waals surface area contributed by atoms with Gasteiger partial charge < -0.3 is 22.7 Å². The van der Waals surface area contributed by atoms with E-state index in [1.54, 1.807) is 29.1 Å². The van der Waals surface area contributed by atoms with Gasteiger partial charge in [0.15, 0.2) is 18.2 Å². The van der Waals surface area contributed by atoms with Crippen LogP contribution in [-0.2, 0) is 6.54 Å². The van der Waals surface area contributed by atoms with Crippen molar-refractivity contribution in [3.63, 3.8) is 0 Å². The highest BCUT2D eigenvalue weighted by molar-refractivity contribution is 5.97. The largest absolute Gasteiger partial charge is 1.00 e. The molecule has 0 aliphatic carbocycles. The molecule has 0 amide bonds. The Kier molecular flexibility index (Phi) is 6.67. The number of ketones is 2. The summed E-state index contributed by atoms with van der Waals surface area (Å²) in [6, 6.07) is 8.68. The van der Waals surface area contributed by atoms with Crippen LogP contribution in [0.3, 0.4) is 0 Å². The van der Waals surface area contributed by atoms with E-state index in [-0.39, 0.29) is 47.3 Å². The Hall–Kier alpha value is -2.45. The summed E-state index contributed by atoms with van der Waals surface area (Å²) < 4.78 is 1.58. The number of nitro groups is 1. The van der Waals surface area contributed by atoms with Crippen molar-refractivity contribution in [3.05, 3.63) is 70.0 Å². The summed E-state index contributed by atoms with van der Waals surface area (Å²) in [5.41, 5.74) is 6.04. The van der Waals surface area contributed by atoms with E-state index in [9.17, 15) is 19.7 Å². The zero-order valence-corrected chi connectivity index (χ0v) is 13.6. The standard InChI is InChI=1S/C15H14N3O4.BrH/c16-8-14(19)12-2-1-7-17(9-12)10-15(20)11-3-5-13(6-4-11)18(21)22;/h1-7,9H,8,10,16H2;1H/q+1;/p-1. The number of aromatic nitrogens is 1. The zero-order valence-electron chi connectivity index (χ0n) is 12.0. The number of nitrogens with two attached hydrogens (primary N) is 1. The molecule has 0 saturated heterocycles. The highest BCUT2D eigenvalue weighted by Crippen LogP contribution is 2.12. The maximum absolute atomic E-state index is 12.1. The first-order chi connectivity index (χ1) is 10.5. The number of halogens is 1. The molecule has 0 saturated carbocycles. The van der Waals surface area contributed by atoms with E-state index in [0.29, 0.717) is 11.1 Å². The predicted molar refractivity (Wildman–Crippen MR) is 77.4 cm³/mol. The van der Waals surface area contributed by atoms with Gasteiger partial charge in [0.1, 0.15) is 0 Å². The lowest BCUT2D eigenvalue weighted by Crippen LogP contribution is -3.00. The molecule has 0 bridgehead atoms. The number of pyridine rings is 1. The lowest BCUT2D eigenvalue weighted by molar-refractivity contribution is -0.683. The average molecular weight is 380 g/mol. The van der Waals surface area contributed by atoms with Gasteiger partial charge in [-0.05, 0) is 18.2 Å². The minimum absolute atomic E-state index is 0. The third kappa shape index (κ3) is 4.76. The molecule has 2 N–H and O–H groups in total. The second-order valence-corrected chi connectivity index (χ2v) is 4.62. The fourth-order valence-electron chi connectivity index (χ4n) is 1.93. The van der Waals surface area contributed by atoms with Crippen LogP contribution in [0.15, 0.2) is 48.8 Å². The number of benzene rings is 1. The number of rotatable bonds is 6. The molecule has 0 fully saturated rings. The van der Waals surface area contributed by atoms with Gasteiger partial charge in [-0.3, -0.25) is 19.7 Å². The molecule has 1 aromatic carbocycles. The summed E-state index contributed by atoms with van der Waals surface area (Å²) in [7, 11) is 0. The quantitative estimate of drug-likeness (QED) is 0.268. The summed E-state index contributed by atoms with van der Waals surface area (Å²) in [6.45, 7) is -0.0657. The number of Topliss-reactive ketones (excluding diaryl/α,β-unsaturated/α-hetero) is 2. The molecule has 120 valence electrons. The van der Waals surface area contributed by atoms with Gasteiger partial charge in [0, 0.05) is 23.8 Å². The highest BCUT2D eigenvalue weighted by atomic mass is 79.9. The van der Waals surface area contributed by atoms with Gasteiger partial charge in [-0.15, -0.1) is 0 Å². The second-order valence-electron chi connectivity index (χ2n) is 4.62. The van der Waals surface area contributed by atoms with Crippen molar-refractivity contribution in [2.24, 2.45) is 5.73 Å². The lowest BCUT2D eigenvalue weighted by atomic mass is 10.1. The normalized spacial score (nSPS) is 9.78. The van der Waals surface area contributed by atoms with Crippen LogP contribution in [0.4, 0.5) is 5.69 Å². The number of carbonyl (C=O) groups excluding carboxylic acids is 2. The van der Waals surface area contributed by atoms with Gasteiger partial charge in [0.2, 0.25) is 12.3 Å². The highest BCUT2D eigenvalue weighted by Gasteiger charge is 2.15. The summed E-state index contributed by atoms with van der Waals surface area (Å²) in [5.74, 6) is -0.422. The molecular formula is C15H14BrN3O4. The molecular weight excluding hydrogens is 366 g/mol. The van der Waals surface area contributed by atoms with Gasteiger partial charge in [-0.25, -0.2) is 0 Å². The average Bonchev–Trinajstić information content (AvgIpc) is 2.54. The Bertz CT molecular complexity index is 732. The molecule has 0 radical (unpaired) electrons. The molecule has 2 aromatic rings. The van der Waals surface area contributed by atoms with Gasteiger partial charge in [0.25, 0.3) is 5.69 Å². The number of nitrogens with zero attached hydrogens (tertiary/aromatic N) is 2. The Balaban J connectivity index is 0.00000264. The van der Waals surface area contributed by atoms with Crippen LogP contribution in [0.2, 0.25) is 0 Å². The molecule has 0 spiro atoms. The van der Waals surface area contributed by atoms with Crippen LogP contribution < -0.4 is 27.3 Å². The summed E-state index contributed by atoms with van der Waals surface area (Å²) in [5, 5.41) is 10.6. The van der Waals surface area contributed by atoms with Crippen LogP contribution in [0, 0.1) is 10.1 Å². The molecule has 7 nitrogen and oxygen atoms in total. The van der Waals surface area contributed by atoms with Crippen molar-refractivity contribution in [1.29, 1.82) is 0 Å². The SMILES string of the molecule is NCC(=O)c1ccc[n+](CC(=O)c2ccc([N+](=O)[O-])cc2)c1.[Br-]. The first-order valence-electron chi connectivity index (χ1n) is 6.51. The minimum atomic E-state index is -0.523. The Morgan fingerprint density at radius 2 is 1.74 bits per heavy atom. The van der Waals surface area contributed by atoms with E-state index in [0.717, 1.165) is 0 Å². The van der Waals surface area contributed by atoms with E-state index < -0.39 is 4.92 Å². The van der Waals surface area contributed by atoms with E-state index in [2.05, 4.69) is 0 Å². The Labute approximate surface area is 142 Å². The molecule has 0 unspecified atom stereocenters. The van der Waals surface area contributed by atoms with Crippen LogP contribution >= 0.6 is 0 Å².